The van der Waals surface area contributed by atoms with E-state index < -0.39 is 0 Å². The van der Waals surface area contributed by atoms with Gasteiger partial charge in [0, 0.05) is 29.6 Å². The number of nitrogens with one attached hydrogen (secondary N) is 1. The Morgan fingerprint density at radius 3 is 2.58 bits per heavy atom. The molecule has 0 aliphatic carbocycles. The highest BCUT2D eigenvalue weighted by Gasteiger charge is 2.33. The highest BCUT2D eigenvalue weighted by Crippen LogP contribution is 2.43. The summed E-state index contributed by atoms with van der Waals surface area (Å²) in [5.74, 6) is 3.03. The molecule has 1 unspecified atom stereocenters. The van der Waals surface area contributed by atoms with Gasteiger partial charge in [0.1, 0.15) is 22.6 Å². The van der Waals surface area contributed by atoms with Gasteiger partial charge in [0.05, 0.1) is 21.3 Å². The first-order valence-corrected chi connectivity index (χ1v) is 9.26. The van der Waals surface area contributed by atoms with Crippen LogP contribution < -0.4 is 19.5 Å². The summed E-state index contributed by atoms with van der Waals surface area (Å²) in [6.45, 7) is 0.658. The van der Waals surface area contributed by atoms with Crippen molar-refractivity contribution in [3.63, 3.8) is 0 Å². The number of hydrogen-bond donors (Lipinski definition) is 1. The molecule has 2 aromatic carbocycles. The van der Waals surface area contributed by atoms with Crippen LogP contribution in [0.2, 0.25) is 0 Å². The lowest BCUT2D eigenvalue weighted by Gasteiger charge is -2.26. The van der Waals surface area contributed by atoms with E-state index in [-0.39, 0.29) is 11.4 Å². The second kappa shape index (κ2) is 8.23. The second-order valence-electron chi connectivity index (χ2n) is 5.69. The minimum Gasteiger partial charge on any atom is -0.497 e. The first-order chi connectivity index (χ1) is 12.7. The number of ether oxygens (including phenoxy) is 3. The molecule has 0 saturated carbocycles. The summed E-state index contributed by atoms with van der Waals surface area (Å²) in [6, 6.07) is 12.8. The molecule has 7 heteroatoms. The molecule has 1 aliphatic heterocycles. The molecular weight excluding hydrogens is 352 g/mol. The molecule has 1 aliphatic rings. The summed E-state index contributed by atoms with van der Waals surface area (Å²) in [7, 11) is 4.86. The molecule has 0 spiro atoms. The fourth-order valence-corrected chi connectivity index (χ4v) is 4.13. The van der Waals surface area contributed by atoms with Gasteiger partial charge in [-0.3, -0.25) is 0 Å². The summed E-state index contributed by atoms with van der Waals surface area (Å²) in [6.07, 6.45) is 0. The number of hydrogen-bond acceptors (Lipinski definition) is 5. The molecule has 0 bridgehead atoms. The molecule has 138 valence electrons. The van der Waals surface area contributed by atoms with Crippen molar-refractivity contribution < 1.29 is 19.0 Å². The third-order valence-corrected chi connectivity index (χ3v) is 5.42. The minimum atomic E-state index is -0.155. The first kappa shape index (κ1) is 18.3. The van der Waals surface area contributed by atoms with Crippen molar-refractivity contribution in [1.82, 2.24) is 4.90 Å². The summed E-state index contributed by atoms with van der Waals surface area (Å²) in [4.78, 5) is 14.6. The van der Waals surface area contributed by atoms with Gasteiger partial charge in [0.15, 0.2) is 0 Å². The number of nitrogens with zero attached hydrogens (tertiary/aromatic N) is 1. The van der Waals surface area contributed by atoms with Crippen LogP contribution >= 0.6 is 11.8 Å². The number of amides is 2. The molecule has 0 aromatic heterocycles. The number of methoxy groups -OCH3 is 3. The van der Waals surface area contributed by atoms with Crippen LogP contribution in [0, 0.1) is 0 Å². The van der Waals surface area contributed by atoms with E-state index in [4.69, 9.17) is 14.2 Å². The summed E-state index contributed by atoms with van der Waals surface area (Å²) in [5.41, 5.74) is 1.62. The molecule has 1 N–H and O–H groups in total. The quantitative estimate of drug-likeness (QED) is 0.857. The standard InChI is InChI=1S/C19H22N2O4S/c1-23-14-6-4-5-13(11-14)20-19(22)21-9-10-26-18(21)16-12-15(24-2)7-8-17(16)25-3/h4-8,11-12,18H,9-10H2,1-3H3,(H,20,22). The van der Waals surface area contributed by atoms with Gasteiger partial charge in [-0.15, -0.1) is 11.8 Å². The number of carbonyl (C=O) groups is 1. The molecule has 1 heterocycles. The summed E-state index contributed by atoms with van der Waals surface area (Å²) < 4.78 is 16.0. The largest absolute Gasteiger partial charge is 0.497 e. The van der Waals surface area contributed by atoms with Crippen LogP contribution in [0.5, 0.6) is 17.2 Å². The monoisotopic (exact) mass is 374 g/mol. The molecule has 2 amide bonds. The number of thioether (sulfide) groups is 1. The maximum atomic E-state index is 12.8. The molecular formula is C19H22N2O4S. The number of rotatable bonds is 5. The molecule has 6 nitrogen and oxygen atoms in total. The zero-order valence-corrected chi connectivity index (χ0v) is 15.8. The average Bonchev–Trinajstić information content (AvgIpc) is 3.17. The van der Waals surface area contributed by atoms with Crippen molar-refractivity contribution in [2.45, 2.75) is 5.37 Å². The third kappa shape index (κ3) is 3.83. The number of urea groups is 1. The van der Waals surface area contributed by atoms with Gasteiger partial charge in [-0.05, 0) is 30.3 Å². The molecule has 26 heavy (non-hydrogen) atoms. The Kier molecular flexibility index (Phi) is 5.78. The van der Waals surface area contributed by atoms with Crippen molar-refractivity contribution in [3.05, 3.63) is 48.0 Å². The molecule has 0 radical (unpaired) electrons. The number of anilines is 1. The van der Waals surface area contributed by atoms with Crippen LogP contribution in [-0.2, 0) is 0 Å². The maximum Gasteiger partial charge on any atom is 0.323 e. The second-order valence-corrected chi connectivity index (χ2v) is 6.87. The Bertz CT molecular complexity index is 784. The molecule has 3 rings (SSSR count). The van der Waals surface area contributed by atoms with Gasteiger partial charge in [0.2, 0.25) is 0 Å². The van der Waals surface area contributed by atoms with E-state index in [0.29, 0.717) is 18.0 Å². The number of carbonyl (C=O) groups excluding carboxylic acids is 1. The van der Waals surface area contributed by atoms with Crippen LogP contribution in [0.1, 0.15) is 10.9 Å². The lowest BCUT2D eigenvalue weighted by molar-refractivity contribution is 0.213. The highest BCUT2D eigenvalue weighted by molar-refractivity contribution is 7.99. The van der Waals surface area contributed by atoms with Crippen molar-refractivity contribution in [2.75, 3.05) is 38.9 Å². The van der Waals surface area contributed by atoms with Crippen LogP contribution in [0.4, 0.5) is 10.5 Å². The van der Waals surface area contributed by atoms with Crippen molar-refractivity contribution >= 4 is 23.5 Å². The maximum absolute atomic E-state index is 12.8. The van der Waals surface area contributed by atoms with E-state index >= 15 is 0 Å². The van der Waals surface area contributed by atoms with E-state index in [1.54, 1.807) is 44.1 Å². The Labute approximate surface area is 157 Å². The van der Waals surface area contributed by atoms with Crippen molar-refractivity contribution in [2.24, 2.45) is 0 Å². The van der Waals surface area contributed by atoms with E-state index in [2.05, 4.69) is 5.32 Å². The first-order valence-electron chi connectivity index (χ1n) is 8.21. The van der Waals surface area contributed by atoms with Gasteiger partial charge in [-0.25, -0.2) is 4.79 Å². The SMILES string of the molecule is COc1cccc(NC(=O)N2CCSC2c2cc(OC)ccc2OC)c1. The van der Waals surface area contributed by atoms with Crippen LogP contribution in [-0.4, -0.2) is 44.6 Å². The van der Waals surface area contributed by atoms with E-state index in [9.17, 15) is 4.79 Å². The zero-order chi connectivity index (χ0) is 18.5. The van der Waals surface area contributed by atoms with Crippen molar-refractivity contribution in [1.29, 1.82) is 0 Å². The Morgan fingerprint density at radius 1 is 1.08 bits per heavy atom. The smallest absolute Gasteiger partial charge is 0.323 e. The van der Waals surface area contributed by atoms with E-state index in [1.165, 1.54) is 0 Å². The lowest BCUT2D eigenvalue weighted by atomic mass is 10.1. The van der Waals surface area contributed by atoms with Gasteiger partial charge in [-0.2, -0.15) is 0 Å². The van der Waals surface area contributed by atoms with E-state index in [0.717, 1.165) is 22.8 Å². The predicted molar refractivity (Wildman–Crippen MR) is 103 cm³/mol. The molecule has 1 fully saturated rings. The van der Waals surface area contributed by atoms with Crippen LogP contribution in [0.25, 0.3) is 0 Å². The topological polar surface area (TPSA) is 60.0 Å². The average molecular weight is 374 g/mol. The molecule has 1 atom stereocenters. The third-order valence-electron chi connectivity index (χ3n) is 4.18. The minimum absolute atomic E-state index is 0.134. The summed E-state index contributed by atoms with van der Waals surface area (Å²) in [5, 5.41) is 2.81. The Balaban J connectivity index is 1.82. The van der Waals surface area contributed by atoms with Crippen molar-refractivity contribution in [3.8, 4) is 17.2 Å². The fourth-order valence-electron chi connectivity index (χ4n) is 2.86. The lowest BCUT2D eigenvalue weighted by Crippen LogP contribution is -2.34. The van der Waals surface area contributed by atoms with Gasteiger partial charge >= 0.3 is 6.03 Å². The Morgan fingerprint density at radius 2 is 1.85 bits per heavy atom. The van der Waals surface area contributed by atoms with E-state index in [1.807, 2.05) is 36.4 Å². The normalized spacial score (nSPS) is 16.3. The zero-order valence-electron chi connectivity index (χ0n) is 15.0. The summed E-state index contributed by atoms with van der Waals surface area (Å²) >= 11 is 1.70. The van der Waals surface area contributed by atoms with Gasteiger partial charge in [0.25, 0.3) is 0 Å². The fraction of sp³-hybridized carbons (Fsp3) is 0.316. The van der Waals surface area contributed by atoms with Crippen LogP contribution in [0.3, 0.4) is 0 Å². The van der Waals surface area contributed by atoms with Gasteiger partial charge < -0.3 is 24.4 Å². The number of benzene rings is 2. The van der Waals surface area contributed by atoms with Gasteiger partial charge in [-0.1, -0.05) is 6.07 Å². The Hall–Kier alpha value is -2.54. The molecule has 1 saturated heterocycles. The highest BCUT2D eigenvalue weighted by atomic mass is 32.2. The van der Waals surface area contributed by atoms with Crippen LogP contribution in [0.15, 0.2) is 42.5 Å². The predicted octanol–water partition coefficient (Wildman–Crippen LogP) is 3.99. The molecule has 2 aromatic rings.